The van der Waals surface area contributed by atoms with Crippen LogP contribution < -0.4 is 20.1 Å². The summed E-state index contributed by atoms with van der Waals surface area (Å²) in [6.45, 7) is 6.09. The zero-order valence-electron chi connectivity index (χ0n) is 17.4. The Morgan fingerprint density at radius 2 is 2.07 bits per heavy atom. The molecule has 160 valence electrons. The maximum atomic E-state index is 12.1. The van der Waals surface area contributed by atoms with Crippen molar-refractivity contribution in [3.8, 4) is 11.5 Å². The Hall–Kier alpha value is -2.51. The van der Waals surface area contributed by atoms with Crippen molar-refractivity contribution in [3.05, 3.63) is 52.5 Å². The number of fused-ring (bicyclic) bond motifs is 1. The van der Waals surface area contributed by atoms with Gasteiger partial charge < -0.3 is 24.8 Å². The molecule has 0 aromatic heterocycles. The predicted molar refractivity (Wildman–Crippen MR) is 122 cm³/mol. The number of nitrogens with one attached hydrogen (secondary N) is 2. The molecule has 0 amide bonds. The van der Waals surface area contributed by atoms with Crippen molar-refractivity contribution in [2.45, 2.75) is 38.8 Å². The van der Waals surface area contributed by atoms with Gasteiger partial charge in [-0.25, -0.2) is 4.79 Å². The smallest absolute Gasteiger partial charge is 0.339 e. The second kappa shape index (κ2) is 9.10. The van der Waals surface area contributed by atoms with Crippen molar-refractivity contribution in [1.29, 1.82) is 0 Å². The van der Waals surface area contributed by atoms with Gasteiger partial charge in [-0.3, -0.25) is 0 Å². The molecule has 0 bridgehead atoms. The highest BCUT2D eigenvalue weighted by Crippen LogP contribution is 2.41. The van der Waals surface area contributed by atoms with Gasteiger partial charge in [-0.2, -0.15) is 0 Å². The average molecular weight is 449 g/mol. The third-order valence-electron chi connectivity index (χ3n) is 4.70. The molecule has 0 radical (unpaired) electrons. The number of anilines is 1. The molecule has 2 aromatic carbocycles. The predicted octanol–water partition coefficient (Wildman–Crippen LogP) is 5.11. The first-order valence-electron chi connectivity index (χ1n) is 9.63. The Bertz CT molecular complexity index is 964. The Morgan fingerprint density at radius 3 is 2.77 bits per heavy atom. The van der Waals surface area contributed by atoms with Crippen molar-refractivity contribution < 1.29 is 19.0 Å². The number of hydrogen-bond acceptors (Lipinski definition) is 5. The fraction of sp³-hybridized carbons (Fsp3) is 0.364. The van der Waals surface area contributed by atoms with Gasteiger partial charge in [0.1, 0.15) is 17.1 Å². The summed E-state index contributed by atoms with van der Waals surface area (Å²) in [6, 6.07) is 10.7. The number of carbonyl (C=O) groups is 1. The normalized spacial score (nSPS) is 16.6. The number of esters is 1. The van der Waals surface area contributed by atoms with Gasteiger partial charge in [0, 0.05) is 23.7 Å². The highest BCUT2D eigenvalue weighted by Gasteiger charge is 2.34. The van der Waals surface area contributed by atoms with Crippen molar-refractivity contribution in [2.75, 3.05) is 19.0 Å². The molecule has 0 fully saturated rings. The van der Waals surface area contributed by atoms with Crippen LogP contribution in [0, 0.1) is 0 Å². The molecule has 1 heterocycles. The Kier molecular flexibility index (Phi) is 6.73. The summed E-state index contributed by atoms with van der Waals surface area (Å²) >= 11 is 11.7. The van der Waals surface area contributed by atoms with Gasteiger partial charge in [0.25, 0.3) is 0 Å². The van der Waals surface area contributed by atoms with Crippen LogP contribution in [0.2, 0.25) is 5.02 Å². The van der Waals surface area contributed by atoms with Gasteiger partial charge >= 0.3 is 5.97 Å². The lowest BCUT2D eigenvalue weighted by Crippen LogP contribution is -2.42. The molecule has 30 heavy (non-hydrogen) atoms. The van der Waals surface area contributed by atoms with Gasteiger partial charge in [0.05, 0.1) is 30.3 Å². The minimum absolute atomic E-state index is 0.0496. The van der Waals surface area contributed by atoms with Crippen LogP contribution in [0.4, 0.5) is 5.69 Å². The van der Waals surface area contributed by atoms with E-state index in [1.54, 1.807) is 32.2 Å². The average Bonchev–Trinajstić information content (AvgIpc) is 2.68. The van der Waals surface area contributed by atoms with E-state index in [0.29, 0.717) is 15.8 Å². The topological polar surface area (TPSA) is 68.8 Å². The zero-order chi connectivity index (χ0) is 21.9. The Labute approximate surface area is 186 Å². The van der Waals surface area contributed by atoms with E-state index in [4.69, 9.17) is 38.0 Å². The molecule has 1 aliphatic heterocycles. The molecular formula is C22H25ClN2O4S. The highest BCUT2D eigenvalue weighted by molar-refractivity contribution is 7.80. The van der Waals surface area contributed by atoms with E-state index >= 15 is 0 Å². The van der Waals surface area contributed by atoms with Gasteiger partial charge in [-0.1, -0.05) is 11.6 Å². The lowest BCUT2D eigenvalue weighted by atomic mass is 9.89. The molecule has 0 unspecified atom stereocenters. The number of methoxy groups -OCH3 is 1. The van der Waals surface area contributed by atoms with Gasteiger partial charge in [-0.15, -0.1) is 0 Å². The number of benzene rings is 2. The molecule has 0 saturated heterocycles. The zero-order valence-corrected chi connectivity index (χ0v) is 18.9. The van der Waals surface area contributed by atoms with E-state index in [2.05, 4.69) is 10.6 Å². The quantitative estimate of drug-likeness (QED) is 0.486. The van der Waals surface area contributed by atoms with Gasteiger partial charge in [0.2, 0.25) is 0 Å². The number of halogens is 1. The second-order valence-electron chi connectivity index (χ2n) is 7.54. The minimum Gasteiger partial charge on any atom is -0.497 e. The van der Waals surface area contributed by atoms with Crippen molar-refractivity contribution in [2.24, 2.45) is 0 Å². The summed E-state index contributed by atoms with van der Waals surface area (Å²) in [5.41, 5.74) is 1.56. The summed E-state index contributed by atoms with van der Waals surface area (Å²) < 4.78 is 16.5. The Balaban J connectivity index is 1.77. The first-order valence-corrected chi connectivity index (χ1v) is 10.4. The fourth-order valence-electron chi connectivity index (χ4n) is 3.38. The van der Waals surface area contributed by atoms with E-state index in [1.165, 1.54) is 0 Å². The van der Waals surface area contributed by atoms with Gasteiger partial charge in [0.15, 0.2) is 5.11 Å². The molecule has 0 saturated carbocycles. The molecule has 1 aliphatic rings. The lowest BCUT2D eigenvalue weighted by molar-refractivity contribution is 0.0526. The molecule has 2 aromatic rings. The van der Waals surface area contributed by atoms with Crippen LogP contribution in [-0.2, 0) is 4.74 Å². The van der Waals surface area contributed by atoms with Crippen LogP contribution in [0.3, 0.4) is 0 Å². The molecule has 2 N–H and O–H groups in total. The van der Waals surface area contributed by atoms with Crippen molar-refractivity contribution in [3.63, 3.8) is 0 Å². The molecule has 0 spiro atoms. The van der Waals surface area contributed by atoms with E-state index in [9.17, 15) is 4.79 Å². The summed E-state index contributed by atoms with van der Waals surface area (Å²) in [7, 11) is 1.63. The van der Waals surface area contributed by atoms with Crippen molar-refractivity contribution in [1.82, 2.24) is 5.32 Å². The Morgan fingerprint density at radius 1 is 1.30 bits per heavy atom. The first-order chi connectivity index (χ1) is 14.2. The van der Waals surface area contributed by atoms with E-state index in [-0.39, 0.29) is 23.8 Å². The maximum Gasteiger partial charge on any atom is 0.339 e. The first kappa shape index (κ1) is 22.2. The molecule has 0 aliphatic carbocycles. The number of ether oxygens (including phenoxy) is 3. The number of carbonyl (C=O) groups excluding carboxylic acids is 1. The summed E-state index contributed by atoms with van der Waals surface area (Å²) in [5, 5.41) is 7.23. The molecule has 3 rings (SSSR count). The maximum absolute atomic E-state index is 12.1. The van der Waals surface area contributed by atoms with Crippen LogP contribution in [0.15, 0.2) is 36.4 Å². The van der Waals surface area contributed by atoms with Crippen molar-refractivity contribution >= 4 is 40.6 Å². The monoisotopic (exact) mass is 448 g/mol. The third kappa shape index (κ3) is 5.15. The summed E-state index contributed by atoms with van der Waals surface area (Å²) in [6.07, 6.45) is 0.725. The van der Waals surface area contributed by atoms with Crippen LogP contribution in [-0.4, -0.2) is 30.4 Å². The highest BCUT2D eigenvalue weighted by atomic mass is 35.5. The second-order valence-corrected chi connectivity index (χ2v) is 8.35. The van der Waals surface area contributed by atoms with E-state index in [1.807, 2.05) is 32.0 Å². The third-order valence-corrected chi connectivity index (χ3v) is 5.25. The number of rotatable bonds is 5. The lowest BCUT2D eigenvalue weighted by Gasteiger charge is -2.38. The van der Waals surface area contributed by atoms with Gasteiger partial charge in [-0.05, 0) is 63.3 Å². The molecule has 6 nitrogen and oxygen atoms in total. The minimum atomic E-state index is -0.473. The molecular weight excluding hydrogens is 424 g/mol. The SMILES string of the molecule is CCOC(=O)c1cc(NC(=S)N[C@H]2CC(C)(C)Oc3cc(OC)ccc32)ccc1Cl. The summed E-state index contributed by atoms with van der Waals surface area (Å²) in [4.78, 5) is 12.1. The standard InChI is InChI=1S/C22H25ClN2O4S/c1-5-28-20(26)16-10-13(6-9-17(16)23)24-21(30)25-18-12-22(2,3)29-19-11-14(27-4)7-8-15(18)19/h6-11,18H,5,12H2,1-4H3,(H2,24,25,30)/t18-/m0/s1. The van der Waals surface area contributed by atoms with E-state index < -0.39 is 5.97 Å². The van der Waals surface area contributed by atoms with Crippen LogP contribution >= 0.6 is 23.8 Å². The van der Waals surface area contributed by atoms with Crippen LogP contribution in [0.1, 0.15) is 49.2 Å². The number of hydrogen-bond donors (Lipinski definition) is 2. The van der Waals surface area contributed by atoms with Crippen LogP contribution in [0.5, 0.6) is 11.5 Å². The molecule has 1 atom stereocenters. The number of thiocarbonyl (C=S) groups is 1. The largest absolute Gasteiger partial charge is 0.497 e. The van der Waals surface area contributed by atoms with Crippen LogP contribution in [0.25, 0.3) is 0 Å². The molecule has 8 heteroatoms. The van der Waals surface area contributed by atoms with E-state index in [0.717, 1.165) is 23.5 Å². The fourth-order valence-corrected chi connectivity index (χ4v) is 3.84. The summed E-state index contributed by atoms with van der Waals surface area (Å²) in [5.74, 6) is 1.03.